The number of hydrogen-bond donors (Lipinski definition) is 4. The van der Waals surface area contributed by atoms with Gasteiger partial charge in [0.05, 0.1) is 17.4 Å². The summed E-state index contributed by atoms with van der Waals surface area (Å²) >= 11 is 0. The van der Waals surface area contributed by atoms with Gasteiger partial charge in [-0.05, 0) is 65.6 Å². The number of anilines is 1. The van der Waals surface area contributed by atoms with Gasteiger partial charge in [0.25, 0.3) is 0 Å². The molecule has 1 amide bonds. The van der Waals surface area contributed by atoms with Gasteiger partial charge >= 0.3 is 0 Å². The fraction of sp³-hybridized carbons (Fsp3) is 0.167. The van der Waals surface area contributed by atoms with Crippen molar-refractivity contribution in [1.82, 2.24) is 30.1 Å². The topological polar surface area (TPSA) is 172 Å². The number of imidazole rings is 1. The average Bonchev–Trinajstić information content (AvgIpc) is 3.60. The number of hydrogen-bond acceptors (Lipinski definition) is 8. The number of carbonyl (C=O) groups is 1. The minimum absolute atomic E-state index is 0.0698. The summed E-state index contributed by atoms with van der Waals surface area (Å²) in [6.45, 7) is 1.94. The first-order chi connectivity index (χ1) is 20.6. The van der Waals surface area contributed by atoms with E-state index in [0.717, 1.165) is 40.8 Å². The minimum atomic E-state index is -3.65. The molecule has 4 heterocycles. The highest BCUT2D eigenvalue weighted by Crippen LogP contribution is 2.34. The van der Waals surface area contributed by atoms with Crippen molar-refractivity contribution >= 4 is 43.5 Å². The van der Waals surface area contributed by atoms with Gasteiger partial charge in [-0.25, -0.2) is 22.8 Å². The standard InChI is InChI=1S/C30H27FN8O3S/c1-3-4-25(40)35-21-12-19(14-33-15-21)16-5-6-24-23(13-16)27(39-38-24)30-36-26-22(7-8-34-29(26)37-30)17-9-18(11-20(31)10-17)28(32)43(2,41)42/h5-15,28H,3-4,32H2,1-2H3,(H,35,40)(H,38,39)(H,34,36,37). The maximum absolute atomic E-state index is 14.6. The number of nitrogens with zero attached hydrogens (tertiary/aromatic N) is 4. The predicted octanol–water partition coefficient (Wildman–Crippen LogP) is 5.11. The van der Waals surface area contributed by atoms with Crippen LogP contribution in [0.1, 0.15) is 30.7 Å². The number of rotatable bonds is 8. The molecule has 6 aromatic rings. The molecule has 0 bridgehead atoms. The van der Waals surface area contributed by atoms with E-state index >= 15 is 0 Å². The van der Waals surface area contributed by atoms with Crippen molar-refractivity contribution in [2.75, 3.05) is 11.6 Å². The molecule has 0 spiro atoms. The van der Waals surface area contributed by atoms with E-state index in [1.165, 1.54) is 6.07 Å². The zero-order chi connectivity index (χ0) is 30.3. The van der Waals surface area contributed by atoms with Crippen molar-refractivity contribution in [3.8, 4) is 33.8 Å². The van der Waals surface area contributed by atoms with E-state index in [9.17, 15) is 17.6 Å². The molecule has 43 heavy (non-hydrogen) atoms. The number of sulfone groups is 1. The SMILES string of the molecule is CCCC(=O)Nc1cncc(-c2ccc3[nH]nc(-c4nc5c(-c6cc(F)cc(C(N)S(C)(=O)=O)c6)ccnc5[nH]4)c3c2)c1. The third-order valence-corrected chi connectivity index (χ3v) is 8.22. The van der Waals surface area contributed by atoms with Gasteiger partial charge in [-0.3, -0.25) is 14.9 Å². The molecular formula is C30H27FN8O3S. The summed E-state index contributed by atoms with van der Waals surface area (Å²) in [5.74, 6) is -0.261. The van der Waals surface area contributed by atoms with Crippen LogP contribution in [-0.4, -0.2) is 50.7 Å². The van der Waals surface area contributed by atoms with Gasteiger partial charge in [-0.15, -0.1) is 0 Å². The number of H-pyrrole nitrogens is 2. The van der Waals surface area contributed by atoms with Crippen LogP contribution in [0.15, 0.2) is 67.1 Å². The summed E-state index contributed by atoms with van der Waals surface area (Å²) in [7, 11) is -3.65. The number of nitrogens with two attached hydrogens (primary N) is 1. The third kappa shape index (κ3) is 5.59. The average molecular weight is 599 g/mol. The van der Waals surface area contributed by atoms with Crippen LogP contribution < -0.4 is 11.1 Å². The molecule has 1 unspecified atom stereocenters. The molecule has 6 rings (SSSR count). The molecule has 0 aliphatic heterocycles. The highest BCUT2D eigenvalue weighted by molar-refractivity contribution is 7.90. The predicted molar refractivity (Wildman–Crippen MR) is 163 cm³/mol. The lowest BCUT2D eigenvalue weighted by atomic mass is 10.0. The van der Waals surface area contributed by atoms with E-state index in [1.54, 1.807) is 30.7 Å². The Hall–Kier alpha value is -5.01. The first-order valence-electron chi connectivity index (χ1n) is 13.4. The maximum Gasteiger partial charge on any atom is 0.224 e. The molecule has 0 saturated carbocycles. The highest BCUT2D eigenvalue weighted by Gasteiger charge is 2.21. The first-order valence-corrected chi connectivity index (χ1v) is 15.4. The first kappa shape index (κ1) is 28.1. The number of carbonyl (C=O) groups excluding carboxylic acids is 1. The van der Waals surface area contributed by atoms with Gasteiger partial charge in [0.2, 0.25) is 5.91 Å². The lowest BCUT2D eigenvalue weighted by molar-refractivity contribution is -0.116. The van der Waals surface area contributed by atoms with Crippen LogP contribution in [0, 0.1) is 5.82 Å². The van der Waals surface area contributed by atoms with Gasteiger partial charge in [0.15, 0.2) is 21.3 Å². The maximum atomic E-state index is 14.6. The molecule has 0 saturated heterocycles. The van der Waals surface area contributed by atoms with Crippen LogP contribution in [0.5, 0.6) is 0 Å². The van der Waals surface area contributed by atoms with Crippen molar-refractivity contribution < 1.29 is 17.6 Å². The molecule has 218 valence electrons. The monoisotopic (exact) mass is 598 g/mol. The molecule has 11 nitrogen and oxygen atoms in total. The molecule has 0 fully saturated rings. The summed E-state index contributed by atoms with van der Waals surface area (Å²) in [6, 6.07) is 13.3. The number of aromatic amines is 2. The summed E-state index contributed by atoms with van der Waals surface area (Å²) in [5, 5.41) is 9.80. The lowest BCUT2D eigenvalue weighted by Gasteiger charge is -2.12. The summed E-state index contributed by atoms with van der Waals surface area (Å²) in [6.07, 6.45) is 7.06. The number of benzene rings is 2. The van der Waals surface area contributed by atoms with E-state index in [4.69, 9.17) is 10.7 Å². The summed E-state index contributed by atoms with van der Waals surface area (Å²) < 4.78 is 38.7. The minimum Gasteiger partial charge on any atom is -0.325 e. The highest BCUT2D eigenvalue weighted by atomic mass is 32.2. The lowest BCUT2D eigenvalue weighted by Crippen LogP contribution is -2.20. The van der Waals surface area contributed by atoms with Gasteiger partial charge in [-0.1, -0.05) is 13.0 Å². The fourth-order valence-electron chi connectivity index (χ4n) is 4.93. The van der Waals surface area contributed by atoms with Crippen LogP contribution in [0.2, 0.25) is 0 Å². The van der Waals surface area contributed by atoms with E-state index in [0.29, 0.717) is 45.9 Å². The van der Waals surface area contributed by atoms with Crippen molar-refractivity contribution in [2.45, 2.75) is 25.1 Å². The largest absolute Gasteiger partial charge is 0.325 e. The second-order valence-corrected chi connectivity index (χ2v) is 12.4. The van der Waals surface area contributed by atoms with E-state index in [1.807, 2.05) is 31.2 Å². The van der Waals surface area contributed by atoms with Crippen molar-refractivity contribution in [3.63, 3.8) is 0 Å². The molecule has 5 N–H and O–H groups in total. The molecule has 0 radical (unpaired) electrons. The Bertz CT molecular complexity index is 2120. The van der Waals surface area contributed by atoms with Crippen LogP contribution in [0.3, 0.4) is 0 Å². The smallest absolute Gasteiger partial charge is 0.224 e. The Labute approximate surface area is 245 Å². The van der Waals surface area contributed by atoms with E-state index in [2.05, 4.69) is 30.5 Å². The molecule has 2 aromatic carbocycles. The van der Waals surface area contributed by atoms with Crippen LogP contribution in [0.4, 0.5) is 10.1 Å². The van der Waals surface area contributed by atoms with Gasteiger partial charge < -0.3 is 16.0 Å². The Balaban J connectivity index is 1.40. The summed E-state index contributed by atoms with van der Waals surface area (Å²) in [5.41, 5.74) is 11.5. The Morgan fingerprint density at radius 3 is 2.70 bits per heavy atom. The Morgan fingerprint density at radius 2 is 1.91 bits per heavy atom. The van der Waals surface area contributed by atoms with Gasteiger partial charge in [0.1, 0.15) is 22.4 Å². The fourth-order valence-corrected chi connectivity index (χ4v) is 5.56. The number of amides is 1. The quantitative estimate of drug-likeness (QED) is 0.187. The number of halogens is 1. The molecule has 0 aliphatic rings. The number of nitrogens with one attached hydrogen (secondary N) is 3. The summed E-state index contributed by atoms with van der Waals surface area (Å²) in [4.78, 5) is 28.7. The van der Waals surface area contributed by atoms with Gasteiger partial charge in [-0.2, -0.15) is 5.10 Å². The third-order valence-electron chi connectivity index (χ3n) is 7.03. The Kier molecular flexibility index (Phi) is 7.20. The van der Waals surface area contributed by atoms with Crippen LogP contribution in [0.25, 0.3) is 55.8 Å². The number of aromatic nitrogens is 6. The van der Waals surface area contributed by atoms with Crippen LogP contribution in [-0.2, 0) is 14.6 Å². The number of fused-ring (bicyclic) bond motifs is 2. The zero-order valence-corrected chi connectivity index (χ0v) is 24.0. The van der Waals surface area contributed by atoms with Crippen LogP contribution >= 0.6 is 0 Å². The molecule has 4 aromatic heterocycles. The van der Waals surface area contributed by atoms with Crippen molar-refractivity contribution in [3.05, 3.63) is 78.5 Å². The van der Waals surface area contributed by atoms with Crippen molar-refractivity contribution in [2.24, 2.45) is 5.73 Å². The molecule has 1 atom stereocenters. The second kappa shape index (κ2) is 11.0. The van der Waals surface area contributed by atoms with E-state index < -0.39 is 21.0 Å². The molecule has 13 heteroatoms. The van der Waals surface area contributed by atoms with Crippen molar-refractivity contribution in [1.29, 1.82) is 0 Å². The van der Waals surface area contributed by atoms with Gasteiger partial charge in [0, 0.05) is 41.6 Å². The molecular weight excluding hydrogens is 571 g/mol. The number of pyridine rings is 2. The normalized spacial score (nSPS) is 12.6. The second-order valence-electron chi connectivity index (χ2n) is 10.3. The Morgan fingerprint density at radius 1 is 1.07 bits per heavy atom. The van der Waals surface area contributed by atoms with E-state index in [-0.39, 0.29) is 11.5 Å². The molecule has 0 aliphatic carbocycles. The zero-order valence-electron chi connectivity index (χ0n) is 23.2.